The van der Waals surface area contributed by atoms with E-state index in [9.17, 15) is 0 Å². The summed E-state index contributed by atoms with van der Waals surface area (Å²) < 4.78 is 6.55. The van der Waals surface area contributed by atoms with Crippen molar-refractivity contribution in [3.63, 3.8) is 0 Å². The number of fused-ring (bicyclic) bond motifs is 3. The number of para-hydroxylation sites is 2. The van der Waals surface area contributed by atoms with E-state index in [0.717, 1.165) is 66.8 Å². The van der Waals surface area contributed by atoms with Crippen molar-refractivity contribution in [1.29, 1.82) is 0 Å². The maximum absolute atomic E-state index is 6.55. The molecule has 2 heterocycles. The highest BCUT2D eigenvalue weighted by Gasteiger charge is 2.19. The Hall–Kier alpha value is -7.63. The second-order valence-corrected chi connectivity index (χ2v) is 13.7. The van der Waals surface area contributed by atoms with Crippen molar-refractivity contribution >= 4 is 39.0 Å². The lowest BCUT2D eigenvalue weighted by molar-refractivity contribution is 0.669. The van der Waals surface area contributed by atoms with E-state index in [2.05, 4.69) is 132 Å². The maximum Gasteiger partial charge on any atom is 0.164 e. The zero-order valence-electron chi connectivity index (χ0n) is 30.3. The monoisotopic (exact) mass is 718 g/mol. The predicted molar refractivity (Wildman–Crippen MR) is 229 cm³/mol. The fourth-order valence-corrected chi connectivity index (χ4v) is 7.40. The summed E-state index contributed by atoms with van der Waals surface area (Å²) >= 11 is 0. The highest BCUT2D eigenvalue weighted by Crippen LogP contribution is 2.42. The molecule has 0 fully saturated rings. The van der Waals surface area contributed by atoms with Crippen molar-refractivity contribution in [2.45, 2.75) is 0 Å². The second-order valence-electron chi connectivity index (χ2n) is 13.7. The van der Waals surface area contributed by atoms with Crippen molar-refractivity contribution < 1.29 is 4.42 Å². The third-order valence-electron chi connectivity index (χ3n) is 10.1. The molecule has 10 rings (SSSR count). The van der Waals surface area contributed by atoms with Gasteiger partial charge in [0, 0.05) is 44.5 Å². The molecule has 0 N–H and O–H groups in total. The molecule has 0 saturated heterocycles. The van der Waals surface area contributed by atoms with Gasteiger partial charge in [-0.15, -0.1) is 0 Å². The zero-order chi connectivity index (χ0) is 37.3. The normalized spacial score (nSPS) is 11.2. The van der Waals surface area contributed by atoms with Gasteiger partial charge < -0.3 is 9.32 Å². The standard InChI is InChI=1S/C51H34N4O/c1-5-15-35(16-6-1)36-25-29-42(30-26-36)55(41-21-11-4-12-22-41)43-31-27-37(28-32-43)45-33-40(34-47-48(45)44-23-13-14-24-46(44)56-47)51-53-49(38-17-7-2-8-18-38)52-50(54-51)39-19-9-3-10-20-39/h1-34H. The quantitative estimate of drug-likeness (QED) is 0.157. The molecule has 0 unspecified atom stereocenters. The van der Waals surface area contributed by atoms with Crippen LogP contribution in [0.1, 0.15) is 0 Å². The zero-order valence-corrected chi connectivity index (χ0v) is 30.3. The summed E-state index contributed by atoms with van der Waals surface area (Å²) in [4.78, 5) is 17.3. The molecule has 0 bridgehead atoms. The molecule has 0 aliphatic carbocycles. The molecule has 0 aliphatic heterocycles. The number of nitrogens with zero attached hydrogens (tertiary/aromatic N) is 4. The van der Waals surface area contributed by atoms with Crippen LogP contribution >= 0.6 is 0 Å². The predicted octanol–water partition coefficient (Wildman–Crippen LogP) is 13.6. The first-order valence-corrected chi connectivity index (χ1v) is 18.7. The summed E-state index contributed by atoms with van der Waals surface area (Å²) in [5.74, 6) is 1.80. The number of furan rings is 1. The van der Waals surface area contributed by atoms with Gasteiger partial charge in [0.2, 0.25) is 0 Å². The molecular formula is C51H34N4O. The van der Waals surface area contributed by atoms with Gasteiger partial charge in [0.15, 0.2) is 17.5 Å². The van der Waals surface area contributed by atoms with E-state index in [1.165, 1.54) is 11.1 Å². The molecule has 8 aromatic carbocycles. The van der Waals surface area contributed by atoms with Crippen molar-refractivity contribution in [3.8, 4) is 56.4 Å². The number of hydrogen-bond acceptors (Lipinski definition) is 5. The average molecular weight is 719 g/mol. The Labute approximate surface area is 324 Å². The first-order valence-electron chi connectivity index (χ1n) is 18.7. The molecule has 2 aromatic heterocycles. The van der Waals surface area contributed by atoms with Gasteiger partial charge >= 0.3 is 0 Å². The second kappa shape index (κ2) is 14.3. The molecule has 0 saturated carbocycles. The average Bonchev–Trinajstić information content (AvgIpc) is 3.67. The summed E-state index contributed by atoms with van der Waals surface area (Å²) in [7, 11) is 0. The minimum absolute atomic E-state index is 0.576. The van der Waals surface area contributed by atoms with E-state index in [1.54, 1.807) is 0 Å². The van der Waals surface area contributed by atoms with Crippen LogP contribution < -0.4 is 4.90 Å². The lowest BCUT2D eigenvalue weighted by Gasteiger charge is -2.26. The van der Waals surface area contributed by atoms with Crippen molar-refractivity contribution in [3.05, 3.63) is 206 Å². The first-order chi connectivity index (χ1) is 27.7. The Bertz CT molecular complexity index is 2870. The molecule has 0 radical (unpaired) electrons. The van der Waals surface area contributed by atoms with Crippen LogP contribution in [0, 0.1) is 0 Å². The van der Waals surface area contributed by atoms with Crippen LogP contribution in [-0.2, 0) is 0 Å². The molecule has 264 valence electrons. The fourth-order valence-electron chi connectivity index (χ4n) is 7.40. The summed E-state index contributed by atoms with van der Waals surface area (Å²) in [5.41, 5.74) is 12.0. The van der Waals surface area contributed by atoms with Gasteiger partial charge in [0.25, 0.3) is 0 Å². The van der Waals surface area contributed by atoms with Crippen LogP contribution in [-0.4, -0.2) is 15.0 Å². The summed E-state index contributed by atoms with van der Waals surface area (Å²) in [5, 5.41) is 2.11. The molecule has 5 heteroatoms. The smallest absolute Gasteiger partial charge is 0.164 e. The third-order valence-corrected chi connectivity index (χ3v) is 10.1. The highest BCUT2D eigenvalue weighted by atomic mass is 16.3. The van der Waals surface area contributed by atoms with E-state index < -0.39 is 0 Å². The van der Waals surface area contributed by atoms with Crippen LogP contribution in [0.25, 0.3) is 78.4 Å². The molecule has 10 aromatic rings. The highest BCUT2D eigenvalue weighted by molar-refractivity contribution is 6.13. The Morgan fingerprint density at radius 3 is 1.32 bits per heavy atom. The number of rotatable bonds is 8. The summed E-state index contributed by atoms with van der Waals surface area (Å²) in [6.45, 7) is 0. The number of hydrogen-bond donors (Lipinski definition) is 0. The molecule has 0 amide bonds. The van der Waals surface area contributed by atoms with Gasteiger partial charge in [-0.3, -0.25) is 0 Å². The van der Waals surface area contributed by atoms with Crippen molar-refractivity contribution in [2.24, 2.45) is 0 Å². The van der Waals surface area contributed by atoms with E-state index >= 15 is 0 Å². The maximum atomic E-state index is 6.55. The molecular weight excluding hydrogens is 685 g/mol. The minimum Gasteiger partial charge on any atom is -0.456 e. The summed E-state index contributed by atoms with van der Waals surface area (Å²) in [6, 6.07) is 71.1. The Kier molecular flexibility index (Phi) is 8.43. The Balaban J connectivity index is 1.11. The first kappa shape index (κ1) is 33.0. The number of benzene rings is 8. The fraction of sp³-hybridized carbons (Fsp3) is 0. The third kappa shape index (κ3) is 6.27. The number of anilines is 3. The lowest BCUT2D eigenvalue weighted by Crippen LogP contribution is -2.09. The van der Waals surface area contributed by atoms with E-state index in [4.69, 9.17) is 19.4 Å². The number of aromatic nitrogens is 3. The van der Waals surface area contributed by atoms with Gasteiger partial charge in [-0.2, -0.15) is 0 Å². The van der Waals surface area contributed by atoms with Gasteiger partial charge in [-0.25, -0.2) is 15.0 Å². The molecule has 56 heavy (non-hydrogen) atoms. The van der Waals surface area contributed by atoms with Crippen LogP contribution in [0.15, 0.2) is 211 Å². The SMILES string of the molecule is c1ccc(-c2ccc(N(c3ccccc3)c3ccc(-c4cc(-c5nc(-c6ccccc6)nc(-c6ccccc6)n5)cc5oc6ccccc6c45)cc3)cc2)cc1. The molecule has 5 nitrogen and oxygen atoms in total. The van der Waals surface area contributed by atoms with E-state index in [1.807, 2.05) is 78.9 Å². The Morgan fingerprint density at radius 1 is 0.321 bits per heavy atom. The largest absolute Gasteiger partial charge is 0.456 e. The Morgan fingerprint density at radius 2 is 0.750 bits per heavy atom. The van der Waals surface area contributed by atoms with Crippen molar-refractivity contribution in [1.82, 2.24) is 15.0 Å². The van der Waals surface area contributed by atoms with Gasteiger partial charge in [0.1, 0.15) is 11.2 Å². The van der Waals surface area contributed by atoms with Crippen LogP contribution in [0.3, 0.4) is 0 Å². The minimum atomic E-state index is 0.576. The molecule has 0 spiro atoms. The van der Waals surface area contributed by atoms with Gasteiger partial charge in [0.05, 0.1) is 0 Å². The van der Waals surface area contributed by atoms with Gasteiger partial charge in [-0.1, -0.05) is 152 Å². The topological polar surface area (TPSA) is 55.1 Å². The van der Waals surface area contributed by atoms with Crippen LogP contribution in [0.4, 0.5) is 17.1 Å². The molecule has 0 atom stereocenters. The van der Waals surface area contributed by atoms with Crippen molar-refractivity contribution in [2.75, 3.05) is 4.90 Å². The van der Waals surface area contributed by atoms with E-state index in [0.29, 0.717) is 17.5 Å². The van der Waals surface area contributed by atoms with Gasteiger partial charge in [-0.05, 0) is 76.9 Å². The molecule has 0 aliphatic rings. The van der Waals surface area contributed by atoms with Crippen LogP contribution in [0.5, 0.6) is 0 Å². The van der Waals surface area contributed by atoms with E-state index in [-0.39, 0.29) is 0 Å². The van der Waals surface area contributed by atoms with Crippen LogP contribution in [0.2, 0.25) is 0 Å². The lowest BCUT2D eigenvalue weighted by atomic mass is 9.96. The summed E-state index contributed by atoms with van der Waals surface area (Å²) in [6.07, 6.45) is 0.